The van der Waals surface area contributed by atoms with Crippen LogP contribution in [-0.4, -0.2) is 41.6 Å². The van der Waals surface area contributed by atoms with E-state index in [4.69, 9.17) is 10.5 Å². The molecule has 2 amide bonds. The van der Waals surface area contributed by atoms with E-state index in [1.165, 1.54) is 12.8 Å². The third-order valence-corrected chi connectivity index (χ3v) is 4.47. The predicted octanol–water partition coefficient (Wildman–Crippen LogP) is 1.52. The summed E-state index contributed by atoms with van der Waals surface area (Å²) in [4.78, 5) is 18.0. The third-order valence-electron chi connectivity index (χ3n) is 4.47. The minimum absolute atomic E-state index is 0.142. The second-order valence-electron chi connectivity index (χ2n) is 5.72. The highest BCUT2D eigenvalue weighted by Gasteiger charge is 2.52. The Bertz CT molecular complexity index is 392. The topological polar surface area (TPSA) is 67.9 Å². The Morgan fingerprint density at radius 1 is 1.56 bits per heavy atom. The summed E-state index contributed by atoms with van der Waals surface area (Å²) in [6.07, 6.45) is 5.20. The zero-order valence-corrected chi connectivity index (χ0v) is 10.9. The molecule has 3 aliphatic rings. The van der Waals surface area contributed by atoms with Crippen molar-refractivity contribution in [2.75, 3.05) is 13.2 Å². The van der Waals surface area contributed by atoms with E-state index < -0.39 is 0 Å². The van der Waals surface area contributed by atoms with Crippen molar-refractivity contribution in [1.29, 1.82) is 0 Å². The molecule has 2 unspecified atom stereocenters. The van der Waals surface area contributed by atoms with Gasteiger partial charge in [0.2, 0.25) is 0 Å². The van der Waals surface area contributed by atoms with Gasteiger partial charge in [0.1, 0.15) is 11.4 Å². The van der Waals surface area contributed by atoms with E-state index in [-0.39, 0.29) is 17.7 Å². The molecule has 1 saturated carbocycles. The summed E-state index contributed by atoms with van der Waals surface area (Å²) in [6, 6.07) is -0.142. The quantitative estimate of drug-likeness (QED) is 0.826. The lowest BCUT2D eigenvalue weighted by atomic mass is 9.83. The van der Waals surface area contributed by atoms with Crippen molar-refractivity contribution in [3.8, 4) is 0 Å². The van der Waals surface area contributed by atoms with Gasteiger partial charge < -0.3 is 15.4 Å². The highest BCUT2D eigenvalue weighted by Crippen LogP contribution is 2.40. The predicted molar refractivity (Wildman–Crippen MR) is 68.4 cm³/mol. The smallest absolute Gasteiger partial charge is 0.346 e. The Balaban J connectivity index is 1.84. The molecule has 0 aromatic heterocycles. The summed E-state index contributed by atoms with van der Waals surface area (Å²) >= 11 is 0. The summed E-state index contributed by atoms with van der Waals surface area (Å²) in [5.41, 5.74) is 5.72. The van der Waals surface area contributed by atoms with Gasteiger partial charge in [-0.25, -0.2) is 4.79 Å². The lowest BCUT2D eigenvalue weighted by Gasteiger charge is -2.43. The molecule has 1 spiro atoms. The van der Waals surface area contributed by atoms with Crippen molar-refractivity contribution in [2.24, 2.45) is 16.6 Å². The van der Waals surface area contributed by atoms with Gasteiger partial charge in [-0.15, -0.1) is 0 Å². The minimum atomic E-state index is -0.349. The Morgan fingerprint density at radius 3 is 3.00 bits per heavy atom. The standard InChI is InChI=1S/C13H21N3O2/c1-2-10-7-13(5-6-18-10)11(14)15-12(17)16(13)8-9-3-4-9/h9-10H,2-8H2,1H3,(H2,14,15,17). The second-order valence-corrected chi connectivity index (χ2v) is 5.72. The van der Waals surface area contributed by atoms with E-state index in [1.54, 1.807) is 0 Å². The van der Waals surface area contributed by atoms with Gasteiger partial charge in [-0.05, 0) is 25.2 Å². The molecule has 0 bridgehead atoms. The molecule has 18 heavy (non-hydrogen) atoms. The molecule has 2 atom stereocenters. The van der Waals surface area contributed by atoms with E-state index in [0.717, 1.165) is 25.8 Å². The largest absolute Gasteiger partial charge is 0.385 e. The van der Waals surface area contributed by atoms with Crippen LogP contribution in [-0.2, 0) is 4.74 Å². The van der Waals surface area contributed by atoms with Gasteiger partial charge >= 0.3 is 6.03 Å². The first-order valence-corrected chi connectivity index (χ1v) is 6.93. The number of hydrogen-bond donors (Lipinski definition) is 1. The molecule has 2 heterocycles. The molecule has 0 aromatic rings. The van der Waals surface area contributed by atoms with Crippen LogP contribution in [0.5, 0.6) is 0 Å². The van der Waals surface area contributed by atoms with Crippen LogP contribution in [0.4, 0.5) is 4.79 Å². The molecule has 100 valence electrons. The van der Waals surface area contributed by atoms with Crippen LogP contribution in [0, 0.1) is 5.92 Å². The van der Waals surface area contributed by atoms with Crippen LogP contribution in [0.2, 0.25) is 0 Å². The average molecular weight is 251 g/mol. The number of nitrogens with two attached hydrogens (primary N) is 1. The van der Waals surface area contributed by atoms with E-state index in [9.17, 15) is 4.79 Å². The van der Waals surface area contributed by atoms with Gasteiger partial charge in [0.15, 0.2) is 0 Å². The fraction of sp³-hybridized carbons (Fsp3) is 0.846. The molecule has 3 rings (SSSR count). The number of ether oxygens (including phenoxy) is 1. The van der Waals surface area contributed by atoms with Crippen LogP contribution in [0.15, 0.2) is 4.99 Å². The molecule has 0 aromatic carbocycles. The minimum Gasteiger partial charge on any atom is -0.385 e. The molecule has 2 N–H and O–H groups in total. The van der Waals surface area contributed by atoms with E-state index in [0.29, 0.717) is 18.4 Å². The summed E-state index contributed by atoms with van der Waals surface area (Å²) in [5.74, 6) is 1.17. The Morgan fingerprint density at radius 2 is 2.33 bits per heavy atom. The van der Waals surface area contributed by atoms with Crippen molar-refractivity contribution in [3.63, 3.8) is 0 Å². The fourth-order valence-corrected chi connectivity index (χ4v) is 3.07. The maximum Gasteiger partial charge on any atom is 0.346 e. The number of carbonyl (C=O) groups is 1. The van der Waals surface area contributed by atoms with Gasteiger partial charge in [0.05, 0.1) is 6.10 Å². The molecule has 0 radical (unpaired) electrons. The van der Waals surface area contributed by atoms with Crippen LogP contribution < -0.4 is 5.73 Å². The van der Waals surface area contributed by atoms with E-state index in [2.05, 4.69) is 11.9 Å². The zero-order valence-electron chi connectivity index (χ0n) is 10.9. The van der Waals surface area contributed by atoms with Gasteiger partial charge in [-0.1, -0.05) is 6.92 Å². The summed E-state index contributed by atoms with van der Waals surface area (Å²) in [5, 5.41) is 0. The molecule has 1 saturated heterocycles. The summed E-state index contributed by atoms with van der Waals surface area (Å²) in [7, 11) is 0. The van der Waals surface area contributed by atoms with Gasteiger partial charge in [0.25, 0.3) is 0 Å². The van der Waals surface area contributed by atoms with Crippen LogP contribution in [0.1, 0.15) is 39.0 Å². The Kier molecular flexibility index (Phi) is 2.81. The molecule has 1 aliphatic carbocycles. The maximum atomic E-state index is 12.0. The molecule has 5 nitrogen and oxygen atoms in total. The normalized spacial score (nSPS) is 36.3. The van der Waals surface area contributed by atoms with Crippen molar-refractivity contribution in [2.45, 2.75) is 50.7 Å². The number of nitrogens with zero attached hydrogens (tertiary/aromatic N) is 2. The third kappa shape index (κ3) is 1.81. The maximum absolute atomic E-state index is 12.0. The van der Waals surface area contributed by atoms with E-state index in [1.807, 2.05) is 4.90 Å². The average Bonchev–Trinajstić information content (AvgIpc) is 3.16. The summed E-state index contributed by atoms with van der Waals surface area (Å²) in [6.45, 7) is 3.60. The Labute approximate surface area is 107 Å². The van der Waals surface area contributed by atoms with Crippen molar-refractivity contribution in [3.05, 3.63) is 0 Å². The van der Waals surface area contributed by atoms with Crippen molar-refractivity contribution in [1.82, 2.24) is 4.90 Å². The fourth-order valence-electron chi connectivity index (χ4n) is 3.07. The zero-order chi connectivity index (χ0) is 12.8. The van der Waals surface area contributed by atoms with Crippen molar-refractivity contribution >= 4 is 11.9 Å². The highest BCUT2D eigenvalue weighted by molar-refractivity contribution is 6.05. The number of aliphatic imine (C=N–C) groups is 1. The second kappa shape index (κ2) is 4.23. The number of hydrogen-bond acceptors (Lipinski definition) is 3. The monoisotopic (exact) mass is 251 g/mol. The number of urea groups is 1. The molecule has 2 aliphatic heterocycles. The highest BCUT2D eigenvalue weighted by atomic mass is 16.5. The first kappa shape index (κ1) is 12.0. The lowest BCUT2D eigenvalue weighted by Crippen LogP contribution is -2.59. The van der Waals surface area contributed by atoms with Crippen LogP contribution in [0.3, 0.4) is 0 Å². The number of amides is 2. The lowest BCUT2D eigenvalue weighted by molar-refractivity contribution is -0.0352. The molecular weight excluding hydrogens is 230 g/mol. The first-order chi connectivity index (χ1) is 8.65. The molecule has 5 heteroatoms. The van der Waals surface area contributed by atoms with Gasteiger partial charge in [-0.3, -0.25) is 0 Å². The number of rotatable bonds is 3. The molecule has 2 fully saturated rings. The van der Waals surface area contributed by atoms with Crippen molar-refractivity contribution < 1.29 is 9.53 Å². The number of amidine groups is 1. The number of carbonyl (C=O) groups excluding carboxylic acids is 1. The molecular formula is C13H21N3O2. The Hall–Kier alpha value is -1.10. The van der Waals surface area contributed by atoms with Gasteiger partial charge in [-0.2, -0.15) is 4.99 Å². The van der Waals surface area contributed by atoms with Gasteiger partial charge in [0, 0.05) is 26.0 Å². The summed E-state index contributed by atoms with van der Waals surface area (Å²) < 4.78 is 5.72. The SMILES string of the molecule is CCC1CC2(CCO1)C(N)=NC(=O)N2CC1CC1. The van der Waals surface area contributed by atoms with E-state index >= 15 is 0 Å². The first-order valence-electron chi connectivity index (χ1n) is 6.93. The van der Waals surface area contributed by atoms with Crippen LogP contribution >= 0.6 is 0 Å². The van der Waals surface area contributed by atoms with Crippen LogP contribution in [0.25, 0.3) is 0 Å².